The van der Waals surface area contributed by atoms with Crippen molar-refractivity contribution >= 4 is 16.0 Å². The second kappa shape index (κ2) is 3.67. The van der Waals surface area contributed by atoms with Crippen molar-refractivity contribution < 1.29 is 8.42 Å². The van der Waals surface area contributed by atoms with Crippen molar-refractivity contribution in [2.24, 2.45) is 0 Å². The summed E-state index contributed by atoms with van der Waals surface area (Å²) in [6.45, 7) is 2.00. The number of hydrogen-bond acceptors (Lipinski definition) is 4. The molecule has 0 spiro atoms. The molecule has 0 aromatic rings. The second-order valence-electron chi connectivity index (χ2n) is 2.71. The maximum Gasteiger partial charge on any atom is 0.324 e. The number of rotatable bonds is 2. The molecule has 0 aromatic carbocycles. The lowest BCUT2D eigenvalue weighted by Crippen LogP contribution is -2.46. The number of amidine groups is 1. The quantitative estimate of drug-likeness (QED) is 0.673. The second-order valence-corrected chi connectivity index (χ2v) is 4.34. The lowest BCUT2D eigenvalue weighted by atomic mass is 10.3. The first-order valence-corrected chi connectivity index (χ1v) is 5.46. The van der Waals surface area contributed by atoms with Crippen molar-refractivity contribution in [1.29, 1.82) is 10.7 Å². The van der Waals surface area contributed by atoms with Crippen LogP contribution in [0.4, 0.5) is 0 Å². The summed E-state index contributed by atoms with van der Waals surface area (Å²) in [4.78, 5) is 0. The molecule has 14 heavy (non-hydrogen) atoms. The SMILES string of the molecule is CCCN1C(=N)C(C#N)=CNS1(=O)=O. The van der Waals surface area contributed by atoms with Crippen molar-refractivity contribution in [3.05, 3.63) is 11.8 Å². The fraction of sp³-hybridized carbons (Fsp3) is 0.429. The van der Waals surface area contributed by atoms with Crippen molar-refractivity contribution in [3.63, 3.8) is 0 Å². The minimum absolute atomic E-state index is 0.0216. The van der Waals surface area contributed by atoms with Crippen molar-refractivity contribution in [2.75, 3.05) is 6.54 Å². The first-order valence-electron chi connectivity index (χ1n) is 4.02. The zero-order chi connectivity index (χ0) is 10.8. The van der Waals surface area contributed by atoms with Gasteiger partial charge in [-0.15, -0.1) is 0 Å². The summed E-state index contributed by atoms with van der Waals surface area (Å²) in [7, 11) is -3.65. The van der Waals surface area contributed by atoms with Gasteiger partial charge in [0.15, 0.2) is 5.84 Å². The molecule has 0 atom stereocenters. The number of nitriles is 1. The molecule has 2 N–H and O–H groups in total. The Hall–Kier alpha value is -1.55. The molecule has 0 aliphatic carbocycles. The molecular formula is C7H10N4O2S. The highest BCUT2D eigenvalue weighted by atomic mass is 32.2. The molecule has 0 radical (unpaired) electrons. The Morgan fingerprint density at radius 1 is 1.71 bits per heavy atom. The van der Waals surface area contributed by atoms with Gasteiger partial charge in [0, 0.05) is 12.7 Å². The number of nitrogens with zero attached hydrogens (tertiary/aromatic N) is 2. The maximum atomic E-state index is 11.4. The van der Waals surface area contributed by atoms with Gasteiger partial charge in [-0.1, -0.05) is 6.92 Å². The van der Waals surface area contributed by atoms with E-state index >= 15 is 0 Å². The minimum atomic E-state index is -3.65. The lowest BCUT2D eigenvalue weighted by molar-refractivity contribution is 0.507. The largest absolute Gasteiger partial charge is 0.324 e. The monoisotopic (exact) mass is 214 g/mol. The highest BCUT2D eigenvalue weighted by Crippen LogP contribution is 2.11. The van der Waals surface area contributed by atoms with E-state index in [1.165, 1.54) is 0 Å². The summed E-state index contributed by atoms with van der Waals surface area (Å²) in [5.41, 5.74) is 0.0216. The van der Waals surface area contributed by atoms with Crippen LogP contribution in [-0.2, 0) is 10.2 Å². The fourth-order valence-electron chi connectivity index (χ4n) is 1.04. The third-order valence-corrected chi connectivity index (χ3v) is 3.06. The van der Waals surface area contributed by atoms with Crippen LogP contribution >= 0.6 is 0 Å². The van der Waals surface area contributed by atoms with Gasteiger partial charge in [-0.05, 0) is 6.42 Å². The molecule has 0 saturated heterocycles. The molecule has 1 rings (SSSR count). The predicted octanol–water partition coefficient (Wildman–Crippen LogP) is -0.0688. The van der Waals surface area contributed by atoms with Gasteiger partial charge < -0.3 is 0 Å². The zero-order valence-electron chi connectivity index (χ0n) is 7.61. The topological polar surface area (TPSA) is 97.1 Å². The molecule has 76 valence electrons. The summed E-state index contributed by atoms with van der Waals surface area (Å²) in [6, 6.07) is 1.75. The predicted molar refractivity (Wildman–Crippen MR) is 50.5 cm³/mol. The van der Waals surface area contributed by atoms with Crippen LogP contribution in [0.5, 0.6) is 0 Å². The van der Waals surface area contributed by atoms with Gasteiger partial charge >= 0.3 is 10.2 Å². The summed E-state index contributed by atoms with van der Waals surface area (Å²) in [5.74, 6) is -0.270. The zero-order valence-corrected chi connectivity index (χ0v) is 8.43. The van der Waals surface area contributed by atoms with Crippen molar-refractivity contribution in [3.8, 4) is 6.07 Å². The van der Waals surface area contributed by atoms with Crippen LogP contribution in [0, 0.1) is 16.7 Å². The van der Waals surface area contributed by atoms with Gasteiger partial charge in [-0.2, -0.15) is 13.7 Å². The molecule has 0 fully saturated rings. The Balaban J connectivity index is 3.10. The average molecular weight is 214 g/mol. The normalized spacial score (nSPS) is 19.6. The molecule has 0 aromatic heterocycles. The van der Waals surface area contributed by atoms with Crippen LogP contribution in [0.1, 0.15) is 13.3 Å². The van der Waals surface area contributed by atoms with E-state index in [0.29, 0.717) is 6.42 Å². The number of nitrogens with one attached hydrogen (secondary N) is 2. The van der Waals surface area contributed by atoms with Gasteiger partial charge in [0.1, 0.15) is 11.6 Å². The van der Waals surface area contributed by atoms with Gasteiger partial charge in [0.2, 0.25) is 0 Å². The van der Waals surface area contributed by atoms with Crippen LogP contribution in [0.15, 0.2) is 11.8 Å². The van der Waals surface area contributed by atoms with Gasteiger partial charge in [0.05, 0.1) is 0 Å². The summed E-state index contributed by atoms with van der Waals surface area (Å²) >= 11 is 0. The van der Waals surface area contributed by atoms with Gasteiger partial charge in [0.25, 0.3) is 0 Å². The van der Waals surface area contributed by atoms with E-state index in [4.69, 9.17) is 10.7 Å². The summed E-state index contributed by atoms with van der Waals surface area (Å²) in [5, 5.41) is 16.1. The Morgan fingerprint density at radius 3 is 2.86 bits per heavy atom. The van der Waals surface area contributed by atoms with E-state index in [2.05, 4.69) is 4.72 Å². The van der Waals surface area contributed by atoms with E-state index in [-0.39, 0.29) is 18.0 Å². The fourth-order valence-corrected chi connectivity index (χ4v) is 2.20. The highest BCUT2D eigenvalue weighted by Gasteiger charge is 2.29. The van der Waals surface area contributed by atoms with Crippen LogP contribution < -0.4 is 4.72 Å². The smallest absolute Gasteiger partial charge is 0.283 e. The summed E-state index contributed by atoms with van der Waals surface area (Å²) in [6.07, 6.45) is 1.62. The van der Waals surface area contributed by atoms with E-state index in [9.17, 15) is 8.42 Å². The van der Waals surface area contributed by atoms with Gasteiger partial charge in [-0.3, -0.25) is 10.1 Å². The summed E-state index contributed by atoms with van der Waals surface area (Å²) < 4.78 is 25.7. The third-order valence-electron chi connectivity index (χ3n) is 1.69. The molecular weight excluding hydrogens is 204 g/mol. The molecule has 1 aliphatic heterocycles. The third kappa shape index (κ3) is 1.70. The van der Waals surface area contributed by atoms with E-state index in [1.54, 1.807) is 13.0 Å². The number of hydrogen-bond donors (Lipinski definition) is 2. The Labute approximate surface area is 82.5 Å². The standard InChI is InChI=1S/C7H10N4O2S/c1-2-3-11-7(9)6(4-8)5-10-14(11,12)13/h5,9-10H,2-3H2,1H3. The lowest BCUT2D eigenvalue weighted by Gasteiger charge is -2.26. The Morgan fingerprint density at radius 2 is 2.36 bits per heavy atom. The molecule has 0 bridgehead atoms. The van der Waals surface area contributed by atoms with E-state index < -0.39 is 10.2 Å². The van der Waals surface area contributed by atoms with E-state index in [1.807, 2.05) is 0 Å². The van der Waals surface area contributed by atoms with Gasteiger partial charge in [-0.25, -0.2) is 4.31 Å². The van der Waals surface area contributed by atoms with Crippen LogP contribution in [0.3, 0.4) is 0 Å². The first-order chi connectivity index (χ1) is 6.53. The average Bonchev–Trinajstić information content (AvgIpc) is 2.12. The van der Waals surface area contributed by atoms with Crippen LogP contribution in [0.2, 0.25) is 0 Å². The molecule has 0 unspecified atom stereocenters. The molecule has 1 heterocycles. The van der Waals surface area contributed by atoms with Crippen molar-refractivity contribution in [2.45, 2.75) is 13.3 Å². The molecule has 0 amide bonds. The Bertz CT molecular complexity index is 417. The molecule has 0 saturated carbocycles. The first kappa shape index (κ1) is 10.5. The molecule has 7 heteroatoms. The highest BCUT2D eigenvalue weighted by molar-refractivity contribution is 7.87. The minimum Gasteiger partial charge on any atom is -0.283 e. The molecule has 1 aliphatic rings. The van der Waals surface area contributed by atoms with E-state index in [0.717, 1.165) is 10.5 Å². The maximum absolute atomic E-state index is 11.4. The van der Waals surface area contributed by atoms with Crippen LogP contribution in [-0.4, -0.2) is 25.1 Å². The molecule has 6 nitrogen and oxygen atoms in total. The van der Waals surface area contributed by atoms with Crippen molar-refractivity contribution in [1.82, 2.24) is 9.03 Å². The Kier molecular flexibility index (Phi) is 2.76. The van der Waals surface area contributed by atoms with Crippen LogP contribution in [0.25, 0.3) is 0 Å².